The number of rotatable bonds is 7. The first kappa shape index (κ1) is 29.1. The average molecular weight is 512 g/mol. The Morgan fingerprint density at radius 2 is 1.47 bits per heavy atom. The Morgan fingerprint density at radius 3 is 1.92 bits per heavy atom. The maximum atomic E-state index is 13.1. The Bertz CT molecular complexity index is 976. The Hall–Kier alpha value is -3.12. The molecule has 5 atom stereocenters. The summed E-state index contributed by atoms with van der Waals surface area (Å²) in [6.45, 7) is 8.73. The van der Waals surface area contributed by atoms with Crippen LogP contribution >= 0.6 is 0 Å². The molecule has 36 heavy (non-hydrogen) atoms. The van der Waals surface area contributed by atoms with E-state index >= 15 is 0 Å². The first-order valence-corrected chi connectivity index (χ1v) is 11.4. The molecule has 12 heteroatoms. The van der Waals surface area contributed by atoms with E-state index in [0.717, 1.165) is 27.7 Å². The van der Waals surface area contributed by atoms with Gasteiger partial charge in [-0.2, -0.15) is 0 Å². The number of allylic oxidation sites excluding steroid dienone is 2. The number of ether oxygens (including phenoxy) is 4. The standard InChI is InChI=1S/C24H33NO11/c1-11(19-16(30)8-23(6,7)9-17(19)31)25-24(12(2)26)21(32)20(34-14(4)28)18(10-33-13(3)27)36-22(24)35-15(5)29/h18,20-22,25,32H,8-10H2,1-7H3/t18-,20-,21+,22+,24+/m1/s1. The molecule has 12 nitrogen and oxygen atoms in total. The minimum absolute atomic E-state index is 0.0458. The molecule has 0 aromatic rings. The number of ketones is 3. The first-order chi connectivity index (χ1) is 16.5. The van der Waals surface area contributed by atoms with E-state index in [9.17, 15) is 33.9 Å². The maximum absolute atomic E-state index is 13.1. The number of hydrogen-bond donors (Lipinski definition) is 2. The number of hydrogen-bond acceptors (Lipinski definition) is 12. The van der Waals surface area contributed by atoms with Crippen molar-refractivity contribution in [2.24, 2.45) is 5.41 Å². The van der Waals surface area contributed by atoms with Gasteiger partial charge in [0.1, 0.15) is 18.8 Å². The van der Waals surface area contributed by atoms with Crippen molar-refractivity contribution >= 4 is 35.3 Å². The average Bonchev–Trinajstić information content (AvgIpc) is 2.69. The minimum atomic E-state index is -2.29. The van der Waals surface area contributed by atoms with Crippen LogP contribution in [0.5, 0.6) is 0 Å². The van der Waals surface area contributed by atoms with Crippen molar-refractivity contribution in [3.05, 3.63) is 11.3 Å². The molecular weight excluding hydrogens is 478 g/mol. The highest BCUT2D eigenvalue weighted by Gasteiger charge is 2.62. The first-order valence-electron chi connectivity index (χ1n) is 11.4. The molecule has 2 rings (SSSR count). The molecule has 1 heterocycles. The summed E-state index contributed by atoms with van der Waals surface area (Å²) in [6.07, 6.45) is -6.45. The summed E-state index contributed by atoms with van der Waals surface area (Å²) in [4.78, 5) is 73.8. The van der Waals surface area contributed by atoms with Crippen molar-refractivity contribution in [3.8, 4) is 0 Å². The van der Waals surface area contributed by atoms with Crippen LogP contribution < -0.4 is 5.32 Å². The SMILES string of the molecule is CC(=O)OC[C@H]1O[C@H](OC(C)=O)[C@](NC(C)=C2C(=O)CC(C)(C)CC2=O)(C(C)=O)[C@@H](O)[C@@H]1OC(C)=O. The van der Waals surface area contributed by atoms with Crippen molar-refractivity contribution in [1.82, 2.24) is 5.32 Å². The van der Waals surface area contributed by atoms with E-state index in [4.69, 9.17) is 18.9 Å². The van der Waals surface area contributed by atoms with Gasteiger partial charge in [-0.15, -0.1) is 0 Å². The highest BCUT2D eigenvalue weighted by atomic mass is 16.7. The van der Waals surface area contributed by atoms with E-state index in [0.29, 0.717) is 0 Å². The van der Waals surface area contributed by atoms with Crippen LogP contribution in [0.1, 0.15) is 61.3 Å². The molecule has 0 bridgehead atoms. The van der Waals surface area contributed by atoms with Gasteiger partial charge >= 0.3 is 17.9 Å². The lowest BCUT2D eigenvalue weighted by atomic mass is 9.73. The van der Waals surface area contributed by atoms with Crippen LogP contribution in [0.2, 0.25) is 0 Å². The second-order valence-electron chi connectivity index (χ2n) is 9.85. The summed E-state index contributed by atoms with van der Waals surface area (Å²) in [5.74, 6) is -4.14. The number of carbonyl (C=O) groups is 6. The predicted octanol–water partition coefficient (Wildman–Crippen LogP) is 0.280. The van der Waals surface area contributed by atoms with Crippen LogP contribution in [0.3, 0.4) is 0 Å². The van der Waals surface area contributed by atoms with Gasteiger partial charge in [0.2, 0.25) is 6.29 Å². The van der Waals surface area contributed by atoms with Crippen LogP contribution in [0.25, 0.3) is 0 Å². The topological polar surface area (TPSA) is 172 Å². The predicted molar refractivity (Wildman–Crippen MR) is 121 cm³/mol. The molecule has 0 aromatic carbocycles. The Kier molecular flexibility index (Phi) is 8.79. The molecule has 2 aliphatic rings. The molecule has 0 radical (unpaired) electrons. The molecule has 1 aliphatic heterocycles. The second-order valence-corrected chi connectivity index (χ2v) is 9.85. The molecule has 0 amide bonds. The summed E-state index contributed by atoms with van der Waals surface area (Å²) in [5, 5.41) is 14.1. The number of esters is 3. The van der Waals surface area contributed by atoms with Crippen LogP contribution in [0.15, 0.2) is 11.3 Å². The fraction of sp³-hybridized carbons (Fsp3) is 0.667. The molecular formula is C24H33NO11. The summed E-state index contributed by atoms with van der Waals surface area (Å²) >= 11 is 0. The minimum Gasteiger partial charge on any atom is -0.463 e. The summed E-state index contributed by atoms with van der Waals surface area (Å²) in [7, 11) is 0. The van der Waals surface area contributed by atoms with Crippen LogP contribution in [0, 0.1) is 5.41 Å². The number of carbonyl (C=O) groups excluding carboxylic acids is 6. The van der Waals surface area contributed by atoms with Gasteiger partial charge in [0.25, 0.3) is 0 Å². The normalized spacial score (nSPS) is 29.7. The maximum Gasteiger partial charge on any atom is 0.305 e. The largest absolute Gasteiger partial charge is 0.463 e. The zero-order valence-electron chi connectivity index (χ0n) is 21.5. The molecule has 1 aliphatic carbocycles. The fourth-order valence-electron chi connectivity index (χ4n) is 4.53. The van der Waals surface area contributed by atoms with Crippen molar-refractivity contribution < 1.29 is 52.8 Å². The Balaban J connectivity index is 2.63. The number of aliphatic hydroxyl groups is 1. The van der Waals surface area contributed by atoms with E-state index in [1.807, 2.05) is 0 Å². The molecule has 0 aromatic heterocycles. The number of nitrogens with one attached hydrogen (secondary N) is 1. The lowest BCUT2D eigenvalue weighted by molar-refractivity contribution is -0.286. The highest BCUT2D eigenvalue weighted by molar-refractivity contribution is 6.22. The zero-order valence-corrected chi connectivity index (χ0v) is 21.5. The van der Waals surface area contributed by atoms with Gasteiger partial charge in [0, 0.05) is 39.3 Å². The second kappa shape index (κ2) is 10.9. The quantitative estimate of drug-likeness (QED) is 0.207. The highest BCUT2D eigenvalue weighted by Crippen LogP contribution is 2.38. The Morgan fingerprint density at radius 1 is 0.944 bits per heavy atom. The monoisotopic (exact) mass is 511 g/mol. The van der Waals surface area contributed by atoms with Gasteiger partial charge in [0.15, 0.2) is 29.0 Å². The van der Waals surface area contributed by atoms with Crippen LogP contribution in [0.4, 0.5) is 0 Å². The Labute approximate surface area is 208 Å². The van der Waals surface area contributed by atoms with Crippen molar-refractivity contribution in [2.75, 3.05) is 6.61 Å². The molecule has 2 N–H and O–H groups in total. The van der Waals surface area contributed by atoms with Crippen molar-refractivity contribution in [3.63, 3.8) is 0 Å². The molecule has 0 spiro atoms. The number of aliphatic hydroxyl groups excluding tert-OH is 1. The van der Waals surface area contributed by atoms with Crippen LogP contribution in [-0.4, -0.2) is 77.1 Å². The van der Waals surface area contributed by atoms with E-state index < -0.39 is 77.4 Å². The van der Waals surface area contributed by atoms with Gasteiger partial charge in [0.05, 0.1) is 5.57 Å². The van der Waals surface area contributed by atoms with E-state index in [-0.39, 0.29) is 24.1 Å². The van der Waals surface area contributed by atoms with Crippen molar-refractivity contribution in [2.45, 2.75) is 91.4 Å². The third-order valence-electron chi connectivity index (χ3n) is 6.03. The van der Waals surface area contributed by atoms with E-state index in [2.05, 4.69) is 5.32 Å². The van der Waals surface area contributed by atoms with Gasteiger partial charge < -0.3 is 29.4 Å². The van der Waals surface area contributed by atoms with E-state index in [1.165, 1.54) is 6.92 Å². The summed E-state index contributed by atoms with van der Waals surface area (Å²) in [6, 6.07) is 0. The van der Waals surface area contributed by atoms with Crippen molar-refractivity contribution in [1.29, 1.82) is 0 Å². The van der Waals surface area contributed by atoms with Crippen LogP contribution in [-0.2, 0) is 47.7 Å². The third-order valence-corrected chi connectivity index (χ3v) is 6.03. The smallest absolute Gasteiger partial charge is 0.305 e. The summed E-state index contributed by atoms with van der Waals surface area (Å²) < 4.78 is 21.1. The zero-order chi connectivity index (χ0) is 27.6. The number of Topliss-reactive ketones (excluding diaryl/α,β-unsaturated/α-hetero) is 3. The fourth-order valence-corrected chi connectivity index (χ4v) is 4.53. The summed E-state index contributed by atoms with van der Waals surface area (Å²) in [5.41, 5.74) is -3.07. The third kappa shape index (κ3) is 6.16. The molecule has 1 saturated carbocycles. The van der Waals surface area contributed by atoms with E-state index in [1.54, 1.807) is 13.8 Å². The van der Waals surface area contributed by atoms with Gasteiger partial charge in [-0.05, 0) is 19.3 Å². The molecule has 0 unspecified atom stereocenters. The lowest BCUT2D eigenvalue weighted by Gasteiger charge is -2.50. The lowest BCUT2D eigenvalue weighted by Crippen LogP contribution is -2.76. The molecule has 2 fully saturated rings. The van der Waals surface area contributed by atoms with Gasteiger partial charge in [-0.1, -0.05) is 13.8 Å². The molecule has 200 valence electrons. The molecule has 1 saturated heterocycles. The van der Waals surface area contributed by atoms with Gasteiger partial charge in [-0.3, -0.25) is 28.8 Å². The van der Waals surface area contributed by atoms with Gasteiger partial charge in [-0.25, -0.2) is 0 Å².